The molecule has 2 heterocycles. The van der Waals surface area contributed by atoms with Gasteiger partial charge in [-0.1, -0.05) is 17.4 Å². The van der Waals surface area contributed by atoms with E-state index in [1.54, 1.807) is 28.7 Å². The molecule has 3 aromatic rings. The topological polar surface area (TPSA) is 51.5 Å². The number of nitrogens with zero attached hydrogens (tertiary/aromatic N) is 2. The highest BCUT2D eigenvalue weighted by Gasteiger charge is 2.19. The van der Waals surface area contributed by atoms with Crippen molar-refractivity contribution in [2.24, 2.45) is 0 Å². The number of carbonyl (C=O) groups excluding carboxylic acids is 1. The zero-order valence-corrected chi connectivity index (χ0v) is 15.6. The molecule has 25 heavy (non-hydrogen) atoms. The minimum absolute atomic E-state index is 0.0333. The Morgan fingerprint density at radius 2 is 1.96 bits per heavy atom. The number of carbonyl (C=O) groups is 1. The standard InChI is InChI=1S/C18H18N2O3S2/c1-13-12-25-18(22)19(13)11-17(21)20(10-16-4-3-9-24-16)14-5-7-15(23-2)8-6-14/h3-9,12H,10-11H2,1-2H3. The fraction of sp³-hybridized carbons (Fsp3) is 0.222. The van der Waals surface area contributed by atoms with E-state index in [0.29, 0.717) is 6.54 Å². The number of thiophene rings is 1. The molecule has 0 radical (unpaired) electrons. The first kappa shape index (κ1) is 17.4. The SMILES string of the molecule is COc1ccc(N(Cc2cccs2)C(=O)Cn2c(C)csc2=O)cc1. The van der Waals surface area contributed by atoms with Crippen molar-refractivity contribution in [3.63, 3.8) is 0 Å². The van der Waals surface area contributed by atoms with Gasteiger partial charge in [0.1, 0.15) is 12.3 Å². The summed E-state index contributed by atoms with van der Waals surface area (Å²) in [5, 5.41) is 3.76. The number of hydrogen-bond acceptors (Lipinski definition) is 5. The van der Waals surface area contributed by atoms with E-state index in [0.717, 1.165) is 33.3 Å². The van der Waals surface area contributed by atoms with E-state index in [2.05, 4.69) is 0 Å². The third kappa shape index (κ3) is 4.00. The van der Waals surface area contributed by atoms with Crippen molar-refractivity contribution in [2.45, 2.75) is 20.0 Å². The van der Waals surface area contributed by atoms with E-state index < -0.39 is 0 Å². The number of anilines is 1. The first-order valence-corrected chi connectivity index (χ1v) is 9.46. The van der Waals surface area contributed by atoms with Gasteiger partial charge in [0.15, 0.2) is 0 Å². The lowest BCUT2D eigenvalue weighted by Crippen LogP contribution is -2.35. The van der Waals surface area contributed by atoms with Gasteiger partial charge in [-0.25, -0.2) is 0 Å². The van der Waals surface area contributed by atoms with Crippen LogP contribution in [0, 0.1) is 6.92 Å². The summed E-state index contributed by atoms with van der Waals surface area (Å²) in [6, 6.07) is 11.3. The molecule has 5 nitrogen and oxygen atoms in total. The molecule has 0 fully saturated rings. The van der Waals surface area contributed by atoms with Gasteiger partial charge in [-0.15, -0.1) is 11.3 Å². The minimum atomic E-state index is -0.123. The third-order valence-corrected chi connectivity index (χ3v) is 5.59. The Balaban J connectivity index is 1.89. The molecule has 0 N–H and O–H groups in total. The molecule has 2 aromatic heterocycles. The summed E-state index contributed by atoms with van der Waals surface area (Å²) in [4.78, 5) is 27.5. The van der Waals surface area contributed by atoms with Gasteiger partial charge in [0.2, 0.25) is 5.91 Å². The average molecular weight is 374 g/mol. The molecule has 0 bridgehead atoms. The number of thiazole rings is 1. The van der Waals surface area contributed by atoms with Crippen LogP contribution in [0.2, 0.25) is 0 Å². The Morgan fingerprint density at radius 1 is 1.20 bits per heavy atom. The molecular weight excluding hydrogens is 356 g/mol. The minimum Gasteiger partial charge on any atom is -0.497 e. The summed E-state index contributed by atoms with van der Waals surface area (Å²) < 4.78 is 6.70. The van der Waals surface area contributed by atoms with Gasteiger partial charge < -0.3 is 9.64 Å². The Kier molecular flexibility index (Phi) is 5.35. The second-order valence-electron chi connectivity index (χ2n) is 5.49. The molecule has 130 valence electrons. The maximum Gasteiger partial charge on any atom is 0.307 e. The highest BCUT2D eigenvalue weighted by Crippen LogP contribution is 2.23. The van der Waals surface area contributed by atoms with Crippen LogP contribution in [0.4, 0.5) is 5.69 Å². The Morgan fingerprint density at radius 3 is 2.52 bits per heavy atom. The highest BCUT2D eigenvalue weighted by molar-refractivity contribution is 7.09. The van der Waals surface area contributed by atoms with E-state index in [-0.39, 0.29) is 17.3 Å². The number of amides is 1. The van der Waals surface area contributed by atoms with E-state index in [4.69, 9.17) is 4.74 Å². The van der Waals surface area contributed by atoms with E-state index in [9.17, 15) is 9.59 Å². The normalized spacial score (nSPS) is 10.6. The molecule has 3 rings (SSSR count). The first-order chi connectivity index (χ1) is 12.1. The van der Waals surface area contributed by atoms with Crippen LogP contribution in [0.5, 0.6) is 5.75 Å². The van der Waals surface area contributed by atoms with Gasteiger partial charge in [0.05, 0.1) is 13.7 Å². The van der Waals surface area contributed by atoms with Crippen LogP contribution < -0.4 is 14.5 Å². The zero-order valence-electron chi connectivity index (χ0n) is 14.0. The molecule has 0 saturated carbocycles. The second-order valence-corrected chi connectivity index (χ2v) is 7.34. The first-order valence-electron chi connectivity index (χ1n) is 7.70. The summed E-state index contributed by atoms with van der Waals surface area (Å²) in [5.74, 6) is 0.610. The summed E-state index contributed by atoms with van der Waals surface area (Å²) in [5.41, 5.74) is 1.58. The Bertz CT molecular complexity index is 895. The second kappa shape index (κ2) is 7.67. The van der Waals surface area contributed by atoms with Crippen LogP contribution in [0.3, 0.4) is 0 Å². The predicted molar refractivity (Wildman–Crippen MR) is 102 cm³/mol. The average Bonchev–Trinajstić information content (AvgIpc) is 3.25. The fourth-order valence-corrected chi connectivity index (χ4v) is 3.89. The highest BCUT2D eigenvalue weighted by atomic mass is 32.1. The summed E-state index contributed by atoms with van der Waals surface area (Å²) in [7, 11) is 1.61. The lowest BCUT2D eigenvalue weighted by Gasteiger charge is -2.23. The van der Waals surface area contributed by atoms with Crippen molar-refractivity contribution >= 4 is 34.3 Å². The third-order valence-electron chi connectivity index (χ3n) is 3.85. The van der Waals surface area contributed by atoms with Crippen LogP contribution >= 0.6 is 22.7 Å². The number of rotatable bonds is 6. The van der Waals surface area contributed by atoms with Gasteiger partial charge in [-0.2, -0.15) is 0 Å². The largest absolute Gasteiger partial charge is 0.497 e. The molecule has 7 heteroatoms. The van der Waals surface area contributed by atoms with Crippen LogP contribution in [0.15, 0.2) is 52.0 Å². The Labute approximate surface area is 153 Å². The van der Waals surface area contributed by atoms with Crippen molar-refractivity contribution in [3.05, 3.63) is 67.4 Å². The van der Waals surface area contributed by atoms with Crippen molar-refractivity contribution in [1.82, 2.24) is 4.57 Å². The molecule has 1 amide bonds. The molecule has 1 aromatic carbocycles. The molecule has 0 saturated heterocycles. The van der Waals surface area contributed by atoms with Crippen LogP contribution in [0.1, 0.15) is 10.6 Å². The number of aromatic nitrogens is 1. The summed E-state index contributed by atoms with van der Waals surface area (Å²) in [6.07, 6.45) is 0. The molecule has 0 aliphatic heterocycles. The summed E-state index contributed by atoms with van der Waals surface area (Å²) >= 11 is 2.71. The van der Waals surface area contributed by atoms with Crippen molar-refractivity contribution < 1.29 is 9.53 Å². The van der Waals surface area contributed by atoms with Crippen molar-refractivity contribution in [3.8, 4) is 5.75 Å². The van der Waals surface area contributed by atoms with Crippen LogP contribution in [-0.4, -0.2) is 17.6 Å². The monoisotopic (exact) mass is 374 g/mol. The van der Waals surface area contributed by atoms with Gasteiger partial charge >= 0.3 is 4.87 Å². The van der Waals surface area contributed by atoms with E-state index >= 15 is 0 Å². The van der Waals surface area contributed by atoms with Gasteiger partial charge in [0.25, 0.3) is 0 Å². The molecule has 0 atom stereocenters. The van der Waals surface area contributed by atoms with Crippen molar-refractivity contribution in [2.75, 3.05) is 12.0 Å². The number of ether oxygens (including phenoxy) is 1. The molecule has 0 aliphatic rings. The quantitative estimate of drug-likeness (QED) is 0.663. The van der Waals surface area contributed by atoms with Crippen LogP contribution in [-0.2, 0) is 17.9 Å². The van der Waals surface area contributed by atoms with E-state index in [1.165, 1.54) is 4.57 Å². The molecule has 0 unspecified atom stereocenters. The molecule has 0 spiro atoms. The van der Waals surface area contributed by atoms with Gasteiger partial charge in [-0.05, 0) is 42.6 Å². The zero-order chi connectivity index (χ0) is 17.8. The summed E-state index contributed by atoms with van der Waals surface area (Å²) in [6.45, 7) is 2.34. The lowest BCUT2D eigenvalue weighted by atomic mass is 10.2. The molecular formula is C18H18N2O3S2. The van der Waals surface area contributed by atoms with Crippen LogP contribution in [0.25, 0.3) is 0 Å². The predicted octanol–water partition coefficient (Wildman–Crippen LogP) is 3.52. The molecule has 0 aliphatic carbocycles. The Hall–Kier alpha value is -2.38. The van der Waals surface area contributed by atoms with E-state index in [1.807, 2.05) is 48.7 Å². The smallest absolute Gasteiger partial charge is 0.307 e. The maximum absolute atomic E-state index is 12.9. The fourth-order valence-electron chi connectivity index (χ4n) is 2.46. The number of hydrogen-bond donors (Lipinski definition) is 0. The number of methoxy groups -OCH3 is 1. The number of aryl methyl sites for hydroxylation is 1. The lowest BCUT2D eigenvalue weighted by molar-refractivity contribution is -0.119. The van der Waals surface area contributed by atoms with Gasteiger partial charge in [0, 0.05) is 21.6 Å². The maximum atomic E-state index is 12.9. The van der Waals surface area contributed by atoms with Gasteiger partial charge in [-0.3, -0.25) is 14.2 Å². The number of benzene rings is 1. The van der Waals surface area contributed by atoms with Crippen molar-refractivity contribution in [1.29, 1.82) is 0 Å².